The molecule has 21 heavy (non-hydrogen) atoms. The summed E-state index contributed by atoms with van der Waals surface area (Å²) in [4.78, 5) is 22.2. The molecule has 6 nitrogen and oxygen atoms in total. The fourth-order valence-corrected chi connectivity index (χ4v) is 2.07. The highest BCUT2D eigenvalue weighted by Gasteiger charge is 2.20. The van der Waals surface area contributed by atoms with Gasteiger partial charge in [0.2, 0.25) is 0 Å². The van der Waals surface area contributed by atoms with Crippen molar-refractivity contribution in [1.29, 1.82) is 0 Å². The summed E-state index contributed by atoms with van der Waals surface area (Å²) in [7, 11) is 0. The van der Waals surface area contributed by atoms with Crippen LogP contribution in [-0.2, 0) is 0 Å². The maximum Gasteiger partial charge on any atom is 0.282 e. The van der Waals surface area contributed by atoms with E-state index in [1.165, 1.54) is 25.3 Å². The predicted octanol–water partition coefficient (Wildman–Crippen LogP) is 3.39. The molecule has 1 rings (SSSR count). The van der Waals surface area contributed by atoms with Crippen LogP contribution in [0.25, 0.3) is 0 Å². The molecule has 0 aliphatic carbocycles. The lowest BCUT2D eigenvalue weighted by molar-refractivity contribution is -0.385. The van der Waals surface area contributed by atoms with Crippen molar-refractivity contribution in [3.8, 4) is 5.75 Å². The first kappa shape index (κ1) is 16.9. The Morgan fingerprint density at radius 3 is 2.57 bits per heavy atom. The van der Waals surface area contributed by atoms with Gasteiger partial charge in [0, 0.05) is 12.6 Å². The van der Waals surface area contributed by atoms with Crippen LogP contribution in [0, 0.1) is 10.1 Å². The van der Waals surface area contributed by atoms with Crippen LogP contribution in [0.5, 0.6) is 5.75 Å². The summed E-state index contributed by atoms with van der Waals surface area (Å²) in [6.07, 6.45) is 6.63. The van der Waals surface area contributed by atoms with Gasteiger partial charge in [0.15, 0.2) is 0 Å². The number of amides is 1. The minimum absolute atomic E-state index is 0.106. The third kappa shape index (κ3) is 5.81. The van der Waals surface area contributed by atoms with Crippen LogP contribution in [0.3, 0.4) is 0 Å². The summed E-state index contributed by atoms with van der Waals surface area (Å²) in [6, 6.07) is 3.45. The topological polar surface area (TPSA) is 92.5 Å². The van der Waals surface area contributed by atoms with Gasteiger partial charge in [0.25, 0.3) is 11.6 Å². The van der Waals surface area contributed by atoms with Gasteiger partial charge in [0.05, 0.1) is 4.92 Å². The quantitative estimate of drug-likeness (QED) is 0.415. The van der Waals surface area contributed by atoms with Crippen LogP contribution >= 0.6 is 0 Å². The maximum absolute atomic E-state index is 11.9. The first-order valence-corrected chi connectivity index (χ1v) is 7.32. The number of hydrogen-bond acceptors (Lipinski definition) is 4. The number of nitrogens with one attached hydrogen (secondary N) is 1. The van der Waals surface area contributed by atoms with E-state index in [0.717, 1.165) is 31.4 Å². The number of nitrogens with zero attached hydrogens (tertiary/aromatic N) is 1. The predicted molar refractivity (Wildman–Crippen MR) is 80.5 cm³/mol. The van der Waals surface area contributed by atoms with Gasteiger partial charge in [0.1, 0.15) is 11.3 Å². The van der Waals surface area contributed by atoms with Crippen LogP contribution in [0.4, 0.5) is 5.69 Å². The number of phenolic OH excluding ortho intramolecular Hbond substituents is 1. The molecule has 0 atom stereocenters. The fourth-order valence-electron chi connectivity index (χ4n) is 2.07. The van der Waals surface area contributed by atoms with Gasteiger partial charge in [-0.1, -0.05) is 39.0 Å². The minimum atomic E-state index is -0.626. The lowest BCUT2D eigenvalue weighted by atomic mass is 10.1. The summed E-state index contributed by atoms with van der Waals surface area (Å²) in [6.45, 7) is 2.64. The van der Waals surface area contributed by atoms with Gasteiger partial charge in [-0.05, 0) is 18.6 Å². The molecule has 116 valence electrons. The molecule has 0 aliphatic heterocycles. The number of carbonyl (C=O) groups is 1. The van der Waals surface area contributed by atoms with E-state index in [2.05, 4.69) is 12.2 Å². The van der Waals surface area contributed by atoms with E-state index in [9.17, 15) is 20.0 Å². The Hall–Kier alpha value is -2.11. The first-order valence-electron chi connectivity index (χ1n) is 7.32. The van der Waals surface area contributed by atoms with Crippen LogP contribution in [0.15, 0.2) is 18.2 Å². The van der Waals surface area contributed by atoms with Crippen LogP contribution in [0.2, 0.25) is 0 Å². The molecule has 6 heteroatoms. The Balaban J connectivity index is 2.45. The molecule has 0 spiro atoms. The second-order valence-electron chi connectivity index (χ2n) is 4.98. The molecule has 1 amide bonds. The molecule has 0 saturated carbocycles. The van der Waals surface area contributed by atoms with Crippen LogP contribution in [-0.4, -0.2) is 22.5 Å². The Bertz CT molecular complexity index is 489. The Morgan fingerprint density at radius 2 is 1.90 bits per heavy atom. The zero-order valence-electron chi connectivity index (χ0n) is 12.3. The van der Waals surface area contributed by atoms with Crippen molar-refractivity contribution >= 4 is 11.6 Å². The number of carbonyl (C=O) groups excluding carboxylic acids is 1. The molecule has 0 heterocycles. The summed E-state index contributed by atoms with van der Waals surface area (Å²) < 4.78 is 0. The Labute approximate surface area is 124 Å². The standard InChI is InChI=1S/C15H22N2O4/c1-2-3-4-5-6-7-10-16-15(19)13-11-12(18)8-9-14(13)17(20)21/h8-9,11,18H,2-7,10H2,1H3,(H,16,19). The van der Waals surface area contributed by atoms with Gasteiger partial charge in [-0.25, -0.2) is 0 Å². The SMILES string of the molecule is CCCCCCCCNC(=O)c1cc(O)ccc1[N+](=O)[O-]. The van der Waals surface area contributed by atoms with Crippen LogP contribution < -0.4 is 5.32 Å². The van der Waals surface area contributed by atoms with Crippen molar-refractivity contribution in [1.82, 2.24) is 5.32 Å². The van der Waals surface area contributed by atoms with Gasteiger partial charge >= 0.3 is 0 Å². The van der Waals surface area contributed by atoms with Crippen molar-refractivity contribution in [3.05, 3.63) is 33.9 Å². The molecule has 0 unspecified atom stereocenters. The zero-order valence-corrected chi connectivity index (χ0v) is 12.3. The third-order valence-corrected chi connectivity index (χ3v) is 3.24. The molecule has 1 aromatic carbocycles. The van der Waals surface area contributed by atoms with Gasteiger partial charge in [-0.3, -0.25) is 14.9 Å². The number of unbranched alkanes of at least 4 members (excludes halogenated alkanes) is 5. The molecule has 0 fully saturated rings. The zero-order chi connectivity index (χ0) is 15.7. The molecule has 0 bridgehead atoms. The second-order valence-corrected chi connectivity index (χ2v) is 4.98. The summed E-state index contributed by atoms with van der Waals surface area (Å²) in [5.41, 5.74) is -0.403. The molecule has 0 aromatic heterocycles. The Kier molecular flexibility index (Phi) is 7.21. The Morgan fingerprint density at radius 1 is 1.24 bits per heavy atom. The third-order valence-electron chi connectivity index (χ3n) is 3.24. The lowest BCUT2D eigenvalue weighted by Crippen LogP contribution is -2.25. The van der Waals surface area contributed by atoms with Crippen molar-refractivity contribution in [3.63, 3.8) is 0 Å². The average Bonchev–Trinajstić information content (AvgIpc) is 2.45. The molecular weight excluding hydrogens is 272 g/mol. The van der Waals surface area contributed by atoms with E-state index in [0.29, 0.717) is 6.54 Å². The highest BCUT2D eigenvalue weighted by Crippen LogP contribution is 2.23. The monoisotopic (exact) mass is 294 g/mol. The van der Waals surface area contributed by atoms with Crippen molar-refractivity contribution < 1.29 is 14.8 Å². The van der Waals surface area contributed by atoms with E-state index in [-0.39, 0.29) is 17.0 Å². The fraction of sp³-hybridized carbons (Fsp3) is 0.533. The highest BCUT2D eigenvalue weighted by molar-refractivity contribution is 5.98. The summed E-state index contributed by atoms with van der Waals surface area (Å²) in [5, 5.41) is 22.9. The first-order chi connectivity index (χ1) is 10.1. The summed E-state index contributed by atoms with van der Waals surface area (Å²) >= 11 is 0. The smallest absolute Gasteiger partial charge is 0.282 e. The number of nitro benzene ring substituents is 1. The van der Waals surface area contributed by atoms with Gasteiger partial charge < -0.3 is 10.4 Å². The van der Waals surface area contributed by atoms with Crippen molar-refractivity contribution in [2.45, 2.75) is 45.4 Å². The van der Waals surface area contributed by atoms with Gasteiger partial charge in [-0.2, -0.15) is 0 Å². The highest BCUT2D eigenvalue weighted by atomic mass is 16.6. The van der Waals surface area contributed by atoms with Crippen molar-refractivity contribution in [2.24, 2.45) is 0 Å². The molecule has 0 radical (unpaired) electrons. The number of nitro groups is 1. The number of benzene rings is 1. The van der Waals surface area contributed by atoms with E-state index < -0.39 is 10.8 Å². The number of hydrogen-bond donors (Lipinski definition) is 2. The molecule has 1 aromatic rings. The molecule has 2 N–H and O–H groups in total. The average molecular weight is 294 g/mol. The number of rotatable bonds is 9. The summed E-state index contributed by atoms with van der Waals surface area (Å²) in [5.74, 6) is -0.684. The molecular formula is C15H22N2O4. The van der Waals surface area contributed by atoms with E-state index in [1.54, 1.807) is 0 Å². The largest absolute Gasteiger partial charge is 0.508 e. The van der Waals surface area contributed by atoms with E-state index in [1.807, 2.05) is 0 Å². The van der Waals surface area contributed by atoms with E-state index in [4.69, 9.17) is 0 Å². The lowest BCUT2D eigenvalue weighted by Gasteiger charge is -2.06. The van der Waals surface area contributed by atoms with Crippen LogP contribution in [0.1, 0.15) is 55.8 Å². The number of aromatic hydroxyl groups is 1. The minimum Gasteiger partial charge on any atom is -0.508 e. The maximum atomic E-state index is 11.9. The van der Waals surface area contributed by atoms with E-state index >= 15 is 0 Å². The second kappa shape index (κ2) is 8.94. The molecule has 0 aliphatic rings. The normalized spacial score (nSPS) is 10.3. The van der Waals surface area contributed by atoms with Gasteiger partial charge in [-0.15, -0.1) is 0 Å². The number of phenols is 1. The molecule has 0 saturated heterocycles. The van der Waals surface area contributed by atoms with Crippen molar-refractivity contribution in [2.75, 3.05) is 6.54 Å².